The minimum atomic E-state index is -0.333. The minimum Gasteiger partial charge on any atom is -0.497 e. The predicted molar refractivity (Wildman–Crippen MR) is 75.9 cm³/mol. The number of nitrogens with one attached hydrogen (secondary N) is 1. The first kappa shape index (κ1) is 15.8. The van der Waals surface area contributed by atoms with Gasteiger partial charge in [-0.1, -0.05) is 0 Å². The largest absolute Gasteiger partial charge is 0.497 e. The summed E-state index contributed by atoms with van der Waals surface area (Å²) >= 11 is 0. The zero-order valence-electron chi connectivity index (χ0n) is 12.0. The first-order chi connectivity index (χ1) is 9.60. The van der Waals surface area contributed by atoms with Crippen LogP contribution < -0.4 is 10.1 Å². The molecule has 1 aromatic carbocycles. The fraction of sp³-hybridized carbons (Fsp3) is 0.429. The van der Waals surface area contributed by atoms with E-state index in [1.54, 1.807) is 36.3 Å². The van der Waals surface area contributed by atoms with Crippen molar-refractivity contribution in [2.24, 2.45) is 0 Å². The van der Waals surface area contributed by atoms with Gasteiger partial charge in [-0.3, -0.25) is 4.79 Å². The second kappa shape index (κ2) is 8.04. The monoisotopic (exact) mass is 280 g/mol. The summed E-state index contributed by atoms with van der Waals surface area (Å²) in [7, 11) is 2.91. The van der Waals surface area contributed by atoms with Crippen LogP contribution in [0.1, 0.15) is 13.3 Å². The Balaban J connectivity index is 2.55. The van der Waals surface area contributed by atoms with Crippen LogP contribution in [0.4, 0.5) is 10.5 Å². The molecule has 6 nitrogen and oxygen atoms in total. The molecular weight excluding hydrogens is 260 g/mol. The number of hydrogen-bond donors (Lipinski definition) is 1. The van der Waals surface area contributed by atoms with E-state index in [0.717, 1.165) is 5.75 Å². The number of methoxy groups -OCH3 is 2. The SMILES string of the molecule is CCN(CCC(=O)OC)C(=O)Nc1ccc(OC)cc1. The van der Waals surface area contributed by atoms with E-state index in [9.17, 15) is 9.59 Å². The van der Waals surface area contributed by atoms with Gasteiger partial charge in [0.05, 0.1) is 20.6 Å². The van der Waals surface area contributed by atoms with E-state index in [0.29, 0.717) is 18.8 Å². The number of benzene rings is 1. The van der Waals surface area contributed by atoms with Crippen LogP contribution in [0, 0.1) is 0 Å². The number of anilines is 1. The molecule has 0 saturated heterocycles. The van der Waals surface area contributed by atoms with Crippen molar-refractivity contribution < 1.29 is 19.1 Å². The lowest BCUT2D eigenvalue weighted by atomic mass is 10.3. The zero-order valence-corrected chi connectivity index (χ0v) is 12.0. The lowest BCUT2D eigenvalue weighted by molar-refractivity contribution is -0.140. The molecule has 0 saturated carbocycles. The molecule has 1 N–H and O–H groups in total. The third-order valence-corrected chi connectivity index (χ3v) is 2.82. The van der Waals surface area contributed by atoms with Crippen molar-refractivity contribution in [2.75, 3.05) is 32.6 Å². The minimum absolute atomic E-state index is 0.181. The Morgan fingerprint density at radius 3 is 2.35 bits per heavy atom. The van der Waals surface area contributed by atoms with E-state index in [-0.39, 0.29) is 18.4 Å². The molecule has 0 unspecified atom stereocenters. The van der Waals surface area contributed by atoms with Crippen molar-refractivity contribution in [2.45, 2.75) is 13.3 Å². The summed E-state index contributed by atoms with van der Waals surface area (Å²) in [5.41, 5.74) is 0.673. The molecule has 6 heteroatoms. The van der Waals surface area contributed by atoms with Gasteiger partial charge in [-0.25, -0.2) is 4.79 Å². The Hall–Kier alpha value is -2.24. The van der Waals surface area contributed by atoms with Crippen LogP contribution in [0.15, 0.2) is 24.3 Å². The lowest BCUT2D eigenvalue weighted by Gasteiger charge is -2.20. The van der Waals surface area contributed by atoms with Crippen LogP contribution in [0.2, 0.25) is 0 Å². The van der Waals surface area contributed by atoms with Gasteiger partial charge in [-0.2, -0.15) is 0 Å². The molecule has 0 atom stereocenters. The third-order valence-electron chi connectivity index (χ3n) is 2.82. The highest BCUT2D eigenvalue weighted by molar-refractivity contribution is 5.89. The van der Waals surface area contributed by atoms with Gasteiger partial charge in [-0.05, 0) is 31.2 Å². The number of hydrogen-bond acceptors (Lipinski definition) is 4. The Morgan fingerprint density at radius 2 is 1.85 bits per heavy atom. The Morgan fingerprint density at radius 1 is 1.20 bits per heavy atom. The lowest BCUT2D eigenvalue weighted by Crippen LogP contribution is -2.36. The molecule has 110 valence electrons. The topological polar surface area (TPSA) is 67.9 Å². The molecule has 0 bridgehead atoms. The number of ether oxygens (including phenoxy) is 2. The second-order valence-electron chi connectivity index (χ2n) is 4.06. The molecule has 20 heavy (non-hydrogen) atoms. The molecule has 0 radical (unpaired) electrons. The Bertz CT molecular complexity index is 445. The van der Waals surface area contributed by atoms with E-state index in [2.05, 4.69) is 10.1 Å². The molecule has 0 spiro atoms. The van der Waals surface area contributed by atoms with Gasteiger partial charge in [0, 0.05) is 18.8 Å². The predicted octanol–water partition coefficient (Wildman–Crippen LogP) is 2.11. The summed E-state index contributed by atoms with van der Waals surface area (Å²) in [5, 5.41) is 2.77. The molecule has 0 heterocycles. The van der Waals surface area contributed by atoms with E-state index >= 15 is 0 Å². The number of carbonyl (C=O) groups excluding carboxylic acids is 2. The van der Waals surface area contributed by atoms with E-state index in [4.69, 9.17) is 4.74 Å². The van der Waals surface area contributed by atoms with Gasteiger partial charge >= 0.3 is 12.0 Å². The van der Waals surface area contributed by atoms with Crippen molar-refractivity contribution in [3.05, 3.63) is 24.3 Å². The van der Waals surface area contributed by atoms with E-state index in [1.165, 1.54) is 7.11 Å². The van der Waals surface area contributed by atoms with Gasteiger partial charge < -0.3 is 19.7 Å². The normalized spacial score (nSPS) is 9.75. The number of carbonyl (C=O) groups is 2. The van der Waals surface area contributed by atoms with Crippen molar-refractivity contribution in [3.63, 3.8) is 0 Å². The van der Waals surface area contributed by atoms with Crippen LogP contribution in [0.25, 0.3) is 0 Å². The van der Waals surface area contributed by atoms with Crippen molar-refractivity contribution in [1.29, 1.82) is 0 Å². The highest BCUT2D eigenvalue weighted by atomic mass is 16.5. The number of rotatable bonds is 6. The van der Waals surface area contributed by atoms with Gasteiger partial charge in [0.1, 0.15) is 5.75 Å². The summed E-state index contributed by atoms with van der Waals surface area (Å²) in [6.45, 7) is 2.69. The van der Waals surface area contributed by atoms with Gasteiger partial charge in [0.25, 0.3) is 0 Å². The molecule has 0 aromatic heterocycles. The summed E-state index contributed by atoms with van der Waals surface area (Å²) in [6, 6.07) is 6.79. The number of nitrogens with zero attached hydrogens (tertiary/aromatic N) is 1. The number of urea groups is 1. The molecule has 1 rings (SSSR count). The molecular formula is C14H20N2O4. The summed E-state index contributed by atoms with van der Waals surface area (Å²) in [6.07, 6.45) is 0.181. The van der Waals surface area contributed by atoms with Crippen LogP contribution in [-0.2, 0) is 9.53 Å². The van der Waals surface area contributed by atoms with Crippen molar-refractivity contribution in [3.8, 4) is 5.75 Å². The molecule has 0 aliphatic rings. The van der Waals surface area contributed by atoms with Crippen LogP contribution in [-0.4, -0.2) is 44.2 Å². The highest BCUT2D eigenvalue weighted by Crippen LogP contribution is 2.15. The Kier molecular flexibility index (Phi) is 6.36. The fourth-order valence-corrected chi connectivity index (χ4v) is 1.61. The molecule has 2 amide bonds. The van der Waals surface area contributed by atoms with E-state index < -0.39 is 0 Å². The standard InChI is InChI=1S/C14H20N2O4/c1-4-16(10-9-13(17)20-3)14(18)15-11-5-7-12(19-2)8-6-11/h5-8H,4,9-10H2,1-3H3,(H,15,18). The summed E-state index contributed by atoms with van der Waals surface area (Å²) in [4.78, 5) is 24.7. The number of amides is 2. The van der Waals surface area contributed by atoms with Crippen LogP contribution >= 0.6 is 0 Å². The maximum Gasteiger partial charge on any atom is 0.321 e. The van der Waals surface area contributed by atoms with E-state index in [1.807, 2.05) is 6.92 Å². The summed E-state index contributed by atoms with van der Waals surface area (Å²) < 4.78 is 9.60. The smallest absolute Gasteiger partial charge is 0.321 e. The first-order valence-electron chi connectivity index (χ1n) is 6.37. The zero-order chi connectivity index (χ0) is 15.0. The number of esters is 1. The van der Waals surface area contributed by atoms with Gasteiger partial charge in [0.2, 0.25) is 0 Å². The average molecular weight is 280 g/mol. The maximum absolute atomic E-state index is 12.0. The summed E-state index contributed by atoms with van der Waals surface area (Å²) in [5.74, 6) is 0.390. The third kappa shape index (κ3) is 4.79. The average Bonchev–Trinajstić information content (AvgIpc) is 2.48. The molecule has 0 aliphatic heterocycles. The van der Waals surface area contributed by atoms with Crippen molar-refractivity contribution in [1.82, 2.24) is 4.90 Å². The van der Waals surface area contributed by atoms with Gasteiger partial charge in [0.15, 0.2) is 0 Å². The first-order valence-corrected chi connectivity index (χ1v) is 6.37. The molecule has 0 aliphatic carbocycles. The van der Waals surface area contributed by atoms with Crippen molar-refractivity contribution >= 4 is 17.7 Å². The molecule has 0 fully saturated rings. The van der Waals surface area contributed by atoms with Crippen LogP contribution in [0.3, 0.4) is 0 Å². The quantitative estimate of drug-likeness (QED) is 0.810. The Labute approximate surface area is 118 Å². The second-order valence-corrected chi connectivity index (χ2v) is 4.06. The maximum atomic E-state index is 12.0. The fourth-order valence-electron chi connectivity index (χ4n) is 1.61. The van der Waals surface area contributed by atoms with Crippen LogP contribution in [0.5, 0.6) is 5.75 Å². The molecule has 1 aromatic rings. The van der Waals surface area contributed by atoms with Gasteiger partial charge in [-0.15, -0.1) is 0 Å². The highest BCUT2D eigenvalue weighted by Gasteiger charge is 2.13.